The van der Waals surface area contributed by atoms with Gasteiger partial charge in [-0.25, -0.2) is 0 Å². The van der Waals surface area contributed by atoms with Gasteiger partial charge in [0.15, 0.2) is 0 Å². The Hall–Kier alpha value is -1.22. The van der Waals surface area contributed by atoms with Gasteiger partial charge in [-0.15, -0.1) is 0 Å². The summed E-state index contributed by atoms with van der Waals surface area (Å²) in [6, 6.07) is 19.5. The first-order chi connectivity index (χ1) is 7.36. The van der Waals surface area contributed by atoms with Crippen molar-refractivity contribution in [1.29, 1.82) is 0 Å². The molecule has 0 saturated carbocycles. The molecular weight excluding hydrogens is 175 g/mol. The normalized spacial score (nSPS) is 11.1. The SMILES string of the molecule is [Li][c]1cccc2c1ccc1ccccc12. The first-order valence-electron chi connectivity index (χ1n) is 5.23. The second kappa shape index (κ2) is 3.42. The Morgan fingerprint density at radius 3 is 2.33 bits per heavy atom. The molecule has 0 bridgehead atoms. The molecule has 15 heavy (non-hydrogen) atoms. The molecule has 66 valence electrons. The van der Waals surface area contributed by atoms with Crippen molar-refractivity contribution in [3.8, 4) is 0 Å². The third kappa shape index (κ3) is 1.38. The number of rotatable bonds is 0. The summed E-state index contributed by atoms with van der Waals surface area (Å²) >= 11 is 2.16. The third-order valence-corrected chi connectivity index (χ3v) is 3.00. The van der Waals surface area contributed by atoms with Crippen LogP contribution in [-0.4, -0.2) is 17.7 Å². The Morgan fingerprint density at radius 1 is 0.600 bits per heavy atom. The molecule has 0 nitrogen and oxygen atoms in total. The van der Waals surface area contributed by atoms with Crippen LogP contribution >= 0.6 is 0 Å². The van der Waals surface area contributed by atoms with E-state index >= 15 is 0 Å². The van der Waals surface area contributed by atoms with Crippen LogP contribution in [-0.2, 0) is 0 Å². The van der Waals surface area contributed by atoms with Crippen molar-refractivity contribution in [2.45, 2.75) is 0 Å². The molecule has 0 aliphatic carbocycles. The molecule has 0 aliphatic rings. The maximum absolute atomic E-state index is 2.22. The van der Waals surface area contributed by atoms with Crippen LogP contribution < -0.4 is 4.24 Å². The maximum atomic E-state index is 2.22. The van der Waals surface area contributed by atoms with Gasteiger partial charge in [0, 0.05) is 0 Å². The first kappa shape index (κ1) is 9.04. The molecule has 0 aliphatic heterocycles. The van der Waals surface area contributed by atoms with E-state index in [0.717, 1.165) is 0 Å². The predicted molar refractivity (Wildman–Crippen MR) is 66.8 cm³/mol. The molecule has 3 aromatic carbocycles. The second-order valence-corrected chi connectivity index (χ2v) is 3.96. The fourth-order valence-electron chi connectivity index (χ4n) is 2.20. The Bertz CT molecular complexity index is 641. The average molecular weight is 184 g/mol. The monoisotopic (exact) mass is 184 g/mol. The van der Waals surface area contributed by atoms with Crippen LogP contribution in [0.5, 0.6) is 0 Å². The molecule has 0 atom stereocenters. The van der Waals surface area contributed by atoms with Gasteiger partial charge >= 0.3 is 98.1 Å². The Balaban J connectivity index is 2.60. The van der Waals surface area contributed by atoms with Gasteiger partial charge in [0.2, 0.25) is 0 Å². The zero-order chi connectivity index (χ0) is 10.3. The van der Waals surface area contributed by atoms with Crippen LogP contribution in [0, 0.1) is 0 Å². The van der Waals surface area contributed by atoms with Crippen LogP contribution in [0.15, 0.2) is 54.6 Å². The minimum atomic E-state index is 1.32. The fraction of sp³-hybridized carbons (Fsp3) is 0. The van der Waals surface area contributed by atoms with Crippen molar-refractivity contribution in [3.05, 3.63) is 54.6 Å². The van der Waals surface area contributed by atoms with E-state index in [9.17, 15) is 0 Å². The van der Waals surface area contributed by atoms with E-state index in [1.807, 2.05) is 0 Å². The van der Waals surface area contributed by atoms with E-state index in [2.05, 4.69) is 72.3 Å². The molecule has 1 heteroatoms. The van der Waals surface area contributed by atoms with Gasteiger partial charge in [0.05, 0.1) is 0 Å². The summed E-state index contributed by atoms with van der Waals surface area (Å²) < 4.78 is 1.35. The molecule has 3 rings (SSSR count). The van der Waals surface area contributed by atoms with Crippen molar-refractivity contribution in [2.75, 3.05) is 0 Å². The Labute approximate surface area is 98.1 Å². The number of hydrogen-bond acceptors (Lipinski definition) is 0. The second-order valence-electron chi connectivity index (χ2n) is 3.96. The van der Waals surface area contributed by atoms with Crippen molar-refractivity contribution in [1.82, 2.24) is 0 Å². The van der Waals surface area contributed by atoms with Crippen molar-refractivity contribution < 1.29 is 0 Å². The van der Waals surface area contributed by atoms with E-state index < -0.39 is 0 Å². The van der Waals surface area contributed by atoms with E-state index in [0.29, 0.717) is 0 Å². The molecule has 0 spiro atoms. The third-order valence-electron chi connectivity index (χ3n) is 3.00. The molecule has 0 N–H and O–H groups in total. The zero-order valence-corrected chi connectivity index (χ0v) is 8.70. The van der Waals surface area contributed by atoms with Crippen LogP contribution in [0.4, 0.5) is 0 Å². The van der Waals surface area contributed by atoms with Crippen molar-refractivity contribution in [2.24, 2.45) is 0 Å². The molecule has 0 aromatic heterocycles. The number of benzene rings is 3. The van der Waals surface area contributed by atoms with E-state index in [4.69, 9.17) is 0 Å². The van der Waals surface area contributed by atoms with Crippen LogP contribution in [0.2, 0.25) is 0 Å². The van der Waals surface area contributed by atoms with Gasteiger partial charge in [0.25, 0.3) is 0 Å². The molecule has 0 fully saturated rings. The molecule has 3 aromatic rings. The standard InChI is InChI=1S/C14H9.Li/c1-3-7-13-11(5-1)9-10-12-6-2-4-8-14(12)13;/h1-5,7-10H;. The Kier molecular flexibility index (Phi) is 2.06. The summed E-state index contributed by atoms with van der Waals surface area (Å²) in [5, 5.41) is 5.37. The van der Waals surface area contributed by atoms with Crippen LogP contribution in [0.1, 0.15) is 0 Å². The van der Waals surface area contributed by atoms with Gasteiger partial charge in [0.1, 0.15) is 0 Å². The van der Waals surface area contributed by atoms with E-state index in [1.54, 1.807) is 0 Å². The summed E-state index contributed by atoms with van der Waals surface area (Å²) in [4.78, 5) is 0. The van der Waals surface area contributed by atoms with Crippen LogP contribution in [0.25, 0.3) is 21.5 Å². The average Bonchev–Trinajstić information content (AvgIpc) is 2.29. The van der Waals surface area contributed by atoms with Gasteiger partial charge in [-0.2, -0.15) is 0 Å². The van der Waals surface area contributed by atoms with Crippen molar-refractivity contribution in [3.63, 3.8) is 0 Å². The summed E-state index contributed by atoms with van der Waals surface area (Å²) in [5.74, 6) is 0. The summed E-state index contributed by atoms with van der Waals surface area (Å²) in [5.41, 5.74) is 0. The summed E-state index contributed by atoms with van der Waals surface area (Å²) in [6.07, 6.45) is 0. The summed E-state index contributed by atoms with van der Waals surface area (Å²) in [7, 11) is 0. The van der Waals surface area contributed by atoms with E-state index in [1.165, 1.54) is 25.8 Å². The minimum absolute atomic E-state index is 1.32. The van der Waals surface area contributed by atoms with Gasteiger partial charge in [-0.1, -0.05) is 0 Å². The quantitative estimate of drug-likeness (QED) is 0.372. The summed E-state index contributed by atoms with van der Waals surface area (Å²) in [6.45, 7) is 0. The Morgan fingerprint density at radius 2 is 1.40 bits per heavy atom. The number of hydrogen-bond donors (Lipinski definition) is 0. The van der Waals surface area contributed by atoms with Gasteiger partial charge in [-0.3, -0.25) is 0 Å². The van der Waals surface area contributed by atoms with Gasteiger partial charge < -0.3 is 0 Å². The molecule has 0 radical (unpaired) electrons. The molecule has 0 amide bonds. The first-order valence-corrected chi connectivity index (χ1v) is 5.23. The molecule has 0 heterocycles. The molecule has 0 saturated heterocycles. The molecule has 0 unspecified atom stereocenters. The van der Waals surface area contributed by atoms with Gasteiger partial charge in [-0.05, 0) is 0 Å². The van der Waals surface area contributed by atoms with E-state index in [-0.39, 0.29) is 0 Å². The van der Waals surface area contributed by atoms with Crippen LogP contribution in [0.3, 0.4) is 0 Å². The number of fused-ring (bicyclic) bond motifs is 3. The topological polar surface area (TPSA) is 0 Å². The zero-order valence-electron chi connectivity index (χ0n) is 8.70. The fourth-order valence-corrected chi connectivity index (χ4v) is 2.20. The predicted octanol–water partition coefficient (Wildman–Crippen LogP) is 2.79. The molecular formula is C14H9Li. The van der Waals surface area contributed by atoms with Crippen molar-refractivity contribution >= 4 is 43.5 Å².